The molecule has 0 unspecified atom stereocenters. The van der Waals surface area contributed by atoms with E-state index in [4.69, 9.17) is 0 Å². The van der Waals surface area contributed by atoms with Crippen molar-refractivity contribution in [3.05, 3.63) is 39.9 Å². The zero-order chi connectivity index (χ0) is 14.6. The van der Waals surface area contributed by atoms with Crippen LogP contribution in [0.1, 0.15) is 5.56 Å². The average molecular weight is 280 g/mol. The topological polar surface area (TPSA) is 72.2 Å². The fourth-order valence-electron chi connectivity index (χ4n) is 1.18. The summed E-state index contributed by atoms with van der Waals surface area (Å²) in [5, 5.41) is 12.0. The summed E-state index contributed by atoms with van der Waals surface area (Å²) >= 11 is 0. The van der Waals surface area contributed by atoms with Gasteiger partial charge in [-0.2, -0.15) is 8.78 Å². The van der Waals surface area contributed by atoms with Gasteiger partial charge in [-0.1, -0.05) is 12.1 Å². The molecule has 1 rings (SSSR count). The number of nitro groups is 1. The van der Waals surface area contributed by atoms with Crippen molar-refractivity contribution in [2.24, 2.45) is 0 Å². The zero-order valence-electron chi connectivity index (χ0n) is 9.28. The van der Waals surface area contributed by atoms with E-state index in [-0.39, 0.29) is 11.3 Å². The Balaban J connectivity index is 2.70. The lowest BCUT2D eigenvalue weighted by Gasteiger charge is -2.14. The number of alkyl halides is 4. The maximum Gasteiger partial charge on any atom is 0.383 e. The molecule has 9 heteroatoms. The second kappa shape index (κ2) is 5.63. The molecule has 0 saturated carbocycles. The van der Waals surface area contributed by atoms with Crippen LogP contribution in [0.4, 0.5) is 23.2 Å². The number of halogens is 4. The summed E-state index contributed by atoms with van der Waals surface area (Å²) in [5.74, 6) is -6.92. The van der Waals surface area contributed by atoms with Gasteiger partial charge in [0.25, 0.3) is 11.6 Å². The number of amides is 1. The highest BCUT2D eigenvalue weighted by Crippen LogP contribution is 2.23. The Morgan fingerprint density at radius 2 is 2.05 bits per heavy atom. The Kier molecular flexibility index (Phi) is 4.41. The van der Waals surface area contributed by atoms with Crippen LogP contribution in [-0.2, 0) is 11.3 Å². The number of nitrogens with one attached hydrogen (secondary N) is 1. The number of carbonyl (C=O) groups excluding carboxylic acids is 1. The van der Waals surface area contributed by atoms with Crippen molar-refractivity contribution in [3.8, 4) is 0 Å². The third-order valence-corrected chi connectivity index (χ3v) is 2.15. The number of hydrogen-bond acceptors (Lipinski definition) is 3. The van der Waals surface area contributed by atoms with Crippen LogP contribution in [0.25, 0.3) is 0 Å². The van der Waals surface area contributed by atoms with Gasteiger partial charge in [-0.25, -0.2) is 8.78 Å². The van der Waals surface area contributed by atoms with Gasteiger partial charge >= 0.3 is 12.3 Å². The summed E-state index contributed by atoms with van der Waals surface area (Å²) in [6.07, 6.45) is -4.11. The highest BCUT2D eigenvalue weighted by atomic mass is 19.3. The average Bonchev–Trinajstić information content (AvgIpc) is 2.35. The lowest BCUT2D eigenvalue weighted by molar-refractivity contribution is -0.384. The van der Waals surface area contributed by atoms with Gasteiger partial charge in [-0.05, 0) is 5.56 Å². The number of nitro benzene ring substituents is 1. The predicted molar refractivity (Wildman–Crippen MR) is 55.9 cm³/mol. The summed E-state index contributed by atoms with van der Waals surface area (Å²) in [6.45, 7) is -0.511. The molecular formula is C10H8F4N2O3. The van der Waals surface area contributed by atoms with Crippen LogP contribution in [-0.4, -0.2) is 23.2 Å². The molecule has 0 aliphatic rings. The van der Waals surface area contributed by atoms with Gasteiger partial charge in [0.15, 0.2) is 0 Å². The van der Waals surface area contributed by atoms with Crippen molar-refractivity contribution >= 4 is 11.6 Å². The molecule has 104 valence electrons. The molecule has 0 spiro atoms. The van der Waals surface area contributed by atoms with E-state index in [1.807, 2.05) is 0 Å². The maximum absolute atomic E-state index is 12.6. The Hall–Kier alpha value is -2.19. The van der Waals surface area contributed by atoms with Crippen LogP contribution < -0.4 is 5.32 Å². The molecule has 0 aliphatic heterocycles. The third kappa shape index (κ3) is 3.63. The van der Waals surface area contributed by atoms with E-state index >= 15 is 0 Å². The first-order valence-electron chi connectivity index (χ1n) is 4.92. The number of carbonyl (C=O) groups is 1. The fraction of sp³-hybridized carbons (Fsp3) is 0.300. The summed E-state index contributed by atoms with van der Waals surface area (Å²) in [5.41, 5.74) is -0.153. The lowest BCUT2D eigenvalue weighted by Crippen LogP contribution is -2.44. The van der Waals surface area contributed by atoms with Crippen LogP contribution >= 0.6 is 0 Å². The van der Waals surface area contributed by atoms with Crippen LogP contribution in [0.15, 0.2) is 24.3 Å². The van der Waals surface area contributed by atoms with Crippen LogP contribution in [0, 0.1) is 10.1 Å². The van der Waals surface area contributed by atoms with E-state index < -0.39 is 29.7 Å². The van der Waals surface area contributed by atoms with Gasteiger partial charge in [-0.15, -0.1) is 0 Å². The van der Waals surface area contributed by atoms with E-state index in [1.165, 1.54) is 18.2 Å². The number of nitrogens with zero attached hydrogens (tertiary/aromatic N) is 1. The molecule has 0 aromatic heterocycles. The minimum absolute atomic E-state index is 0.146. The van der Waals surface area contributed by atoms with Gasteiger partial charge in [0.05, 0.1) is 4.92 Å². The molecule has 1 aromatic rings. The first-order chi connectivity index (χ1) is 8.75. The number of benzene rings is 1. The van der Waals surface area contributed by atoms with Crippen molar-refractivity contribution < 1.29 is 27.3 Å². The fourth-order valence-corrected chi connectivity index (χ4v) is 1.18. The third-order valence-electron chi connectivity index (χ3n) is 2.15. The highest BCUT2D eigenvalue weighted by Gasteiger charge is 2.48. The molecule has 1 aromatic carbocycles. The molecule has 0 bridgehead atoms. The molecule has 0 heterocycles. The van der Waals surface area contributed by atoms with E-state index in [9.17, 15) is 32.5 Å². The minimum atomic E-state index is -4.79. The standard InChI is InChI=1S/C10H8F4N2O3/c11-8(12)10(13,14)9(17)15-5-6-2-1-3-7(4-6)16(18)19/h1-4,8H,5H2,(H,15,17). The van der Waals surface area contributed by atoms with Crippen LogP contribution in [0.5, 0.6) is 0 Å². The highest BCUT2D eigenvalue weighted by molar-refractivity contribution is 5.83. The van der Waals surface area contributed by atoms with Gasteiger partial charge in [0.2, 0.25) is 0 Å². The van der Waals surface area contributed by atoms with Gasteiger partial charge < -0.3 is 5.32 Å². The first kappa shape index (κ1) is 14.9. The Labute approximate surface area is 104 Å². The molecule has 0 aliphatic carbocycles. The predicted octanol–water partition coefficient (Wildman–Crippen LogP) is 2.11. The Morgan fingerprint density at radius 1 is 1.42 bits per heavy atom. The second-order valence-corrected chi connectivity index (χ2v) is 3.53. The van der Waals surface area contributed by atoms with Crippen molar-refractivity contribution in [1.29, 1.82) is 0 Å². The monoisotopic (exact) mass is 280 g/mol. The van der Waals surface area contributed by atoms with Crippen molar-refractivity contribution in [3.63, 3.8) is 0 Å². The molecule has 0 saturated heterocycles. The molecule has 0 atom stereocenters. The molecule has 19 heavy (non-hydrogen) atoms. The first-order valence-corrected chi connectivity index (χ1v) is 4.92. The molecule has 0 radical (unpaired) electrons. The molecule has 1 N–H and O–H groups in total. The van der Waals surface area contributed by atoms with E-state index in [1.54, 1.807) is 5.32 Å². The van der Waals surface area contributed by atoms with Gasteiger partial charge in [-0.3, -0.25) is 14.9 Å². The van der Waals surface area contributed by atoms with E-state index in [2.05, 4.69) is 0 Å². The smallest absolute Gasteiger partial charge is 0.347 e. The zero-order valence-corrected chi connectivity index (χ0v) is 9.28. The maximum atomic E-state index is 12.6. The van der Waals surface area contributed by atoms with Crippen molar-refractivity contribution in [2.75, 3.05) is 0 Å². The van der Waals surface area contributed by atoms with Gasteiger partial charge in [0.1, 0.15) is 0 Å². The molecular weight excluding hydrogens is 272 g/mol. The Bertz CT molecular complexity index is 493. The van der Waals surface area contributed by atoms with Crippen LogP contribution in [0.2, 0.25) is 0 Å². The Morgan fingerprint density at radius 3 is 2.58 bits per heavy atom. The normalized spacial score (nSPS) is 11.4. The molecule has 5 nitrogen and oxygen atoms in total. The van der Waals surface area contributed by atoms with E-state index in [0.29, 0.717) is 0 Å². The largest absolute Gasteiger partial charge is 0.383 e. The molecule has 1 amide bonds. The summed E-state index contributed by atoms with van der Waals surface area (Å²) in [4.78, 5) is 20.6. The summed E-state index contributed by atoms with van der Waals surface area (Å²) in [7, 11) is 0. The lowest BCUT2D eigenvalue weighted by atomic mass is 10.2. The minimum Gasteiger partial charge on any atom is -0.347 e. The summed E-state index contributed by atoms with van der Waals surface area (Å²) in [6, 6.07) is 4.82. The van der Waals surface area contributed by atoms with E-state index in [0.717, 1.165) is 6.07 Å². The summed E-state index contributed by atoms with van der Waals surface area (Å²) < 4.78 is 48.9. The second-order valence-electron chi connectivity index (χ2n) is 3.53. The molecule has 0 fully saturated rings. The number of non-ortho nitro benzene ring substituents is 1. The number of rotatable bonds is 5. The van der Waals surface area contributed by atoms with Crippen molar-refractivity contribution in [2.45, 2.75) is 18.9 Å². The number of hydrogen-bond donors (Lipinski definition) is 1. The van der Waals surface area contributed by atoms with Crippen molar-refractivity contribution in [1.82, 2.24) is 5.32 Å². The quantitative estimate of drug-likeness (QED) is 0.510. The van der Waals surface area contributed by atoms with Gasteiger partial charge in [0, 0.05) is 18.7 Å². The van der Waals surface area contributed by atoms with Crippen LogP contribution in [0.3, 0.4) is 0 Å². The SMILES string of the molecule is O=C(NCc1cccc([N+](=O)[O-])c1)C(F)(F)C(F)F.